The van der Waals surface area contributed by atoms with Gasteiger partial charge in [-0.1, -0.05) is 26.8 Å². The van der Waals surface area contributed by atoms with Gasteiger partial charge in [-0.2, -0.15) is 0 Å². The molecule has 0 spiro atoms. The molecule has 0 saturated heterocycles. The highest BCUT2D eigenvalue weighted by atomic mass is 32.2. The van der Waals surface area contributed by atoms with E-state index in [0.717, 1.165) is 39.8 Å². The summed E-state index contributed by atoms with van der Waals surface area (Å²) < 4.78 is 32.4. The number of hydrogen-bond donors (Lipinski definition) is 1. The van der Waals surface area contributed by atoms with Gasteiger partial charge in [0.25, 0.3) is 0 Å². The summed E-state index contributed by atoms with van der Waals surface area (Å²) in [6, 6.07) is 8.49. The molecule has 2 atom stereocenters. The van der Waals surface area contributed by atoms with E-state index in [9.17, 15) is 13.2 Å². The van der Waals surface area contributed by atoms with Gasteiger partial charge < -0.3 is 10.1 Å². The Morgan fingerprint density at radius 1 is 1.00 bits per heavy atom. The van der Waals surface area contributed by atoms with Gasteiger partial charge in [-0.15, -0.1) is 0 Å². The highest BCUT2D eigenvalue weighted by Gasteiger charge is 2.32. The molecule has 33 heavy (non-hydrogen) atoms. The van der Waals surface area contributed by atoms with E-state index in [1.54, 1.807) is 19.2 Å². The number of methoxy groups -OCH3 is 1. The van der Waals surface area contributed by atoms with Crippen molar-refractivity contribution in [2.75, 3.05) is 17.7 Å². The Hall–Kier alpha value is -2.54. The first-order chi connectivity index (χ1) is 15.3. The average molecular weight is 475 g/mol. The normalized spacial score (nSPS) is 13.5. The summed E-state index contributed by atoms with van der Waals surface area (Å²) in [5.41, 5.74) is 5.45. The van der Waals surface area contributed by atoms with Gasteiger partial charge in [-0.25, -0.2) is 8.42 Å². The minimum absolute atomic E-state index is 0.260. The van der Waals surface area contributed by atoms with Gasteiger partial charge in [-0.05, 0) is 92.1 Å². The lowest BCUT2D eigenvalue weighted by atomic mass is 9.93. The summed E-state index contributed by atoms with van der Waals surface area (Å²) in [6.45, 7) is 13.8. The summed E-state index contributed by atoms with van der Waals surface area (Å²) in [5, 5.41) is 3.06. The first kappa shape index (κ1) is 26.7. The van der Waals surface area contributed by atoms with E-state index < -0.39 is 16.1 Å². The number of sulfonamides is 1. The van der Waals surface area contributed by atoms with Crippen molar-refractivity contribution in [1.82, 2.24) is 5.32 Å². The van der Waals surface area contributed by atoms with Crippen molar-refractivity contribution < 1.29 is 17.9 Å². The molecule has 182 valence electrons. The van der Waals surface area contributed by atoms with Crippen LogP contribution in [0, 0.1) is 20.8 Å². The topological polar surface area (TPSA) is 75.7 Å². The fraction of sp³-hybridized carbons (Fsp3) is 0.500. The molecule has 7 heteroatoms. The second kappa shape index (κ2) is 10.6. The van der Waals surface area contributed by atoms with Gasteiger partial charge in [0.1, 0.15) is 11.8 Å². The fourth-order valence-corrected chi connectivity index (χ4v) is 5.53. The largest absolute Gasteiger partial charge is 0.496 e. The van der Waals surface area contributed by atoms with Crippen LogP contribution in [0.25, 0.3) is 0 Å². The van der Waals surface area contributed by atoms with Crippen LogP contribution in [-0.2, 0) is 14.8 Å². The lowest BCUT2D eigenvalue weighted by Crippen LogP contribution is -2.49. The number of carbonyl (C=O) groups is 1. The highest BCUT2D eigenvalue weighted by molar-refractivity contribution is 7.92. The molecule has 1 N–H and O–H groups in total. The molecule has 0 aliphatic rings. The molecular formula is C26H38N2O4S. The van der Waals surface area contributed by atoms with E-state index in [1.807, 2.05) is 46.8 Å². The number of rotatable bonds is 9. The first-order valence-corrected chi connectivity index (χ1v) is 13.2. The number of nitrogens with one attached hydrogen (secondary N) is 1. The summed E-state index contributed by atoms with van der Waals surface area (Å²) in [7, 11) is -2.03. The van der Waals surface area contributed by atoms with Gasteiger partial charge in [0.15, 0.2) is 0 Å². The predicted molar refractivity (Wildman–Crippen MR) is 136 cm³/mol. The second-order valence-electron chi connectivity index (χ2n) is 9.16. The lowest BCUT2D eigenvalue weighted by Gasteiger charge is -2.32. The quantitative estimate of drug-likeness (QED) is 0.544. The van der Waals surface area contributed by atoms with Crippen LogP contribution in [0.2, 0.25) is 0 Å². The Kier molecular flexibility index (Phi) is 8.57. The minimum Gasteiger partial charge on any atom is -0.496 e. The molecule has 6 nitrogen and oxygen atoms in total. The van der Waals surface area contributed by atoms with Gasteiger partial charge in [0, 0.05) is 0 Å². The molecule has 0 saturated carbocycles. The standard InChI is InChI=1S/C26H38N2O4S/c1-10-24(28(33(9,30)31)21-12-17(4)11-18(5)13-21)26(29)27-20(7)23-15-22(16(2)3)25(32-8)14-19(23)6/h11-16,20,24H,10H2,1-9H3,(H,27,29)/t20-,24+/m1/s1. The number of aryl methyl sites for hydroxylation is 3. The SMILES string of the molecule is CC[C@@H](C(=O)N[C@H](C)c1cc(C(C)C)c(OC)cc1C)N(c1cc(C)cc(C)c1)S(C)(=O)=O. The highest BCUT2D eigenvalue weighted by Crippen LogP contribution is 2.32. The van der Waals surface area contributed by atoms with E-state index in [-0.39, 0.29) is 17.9 Å². The Balaban J connectivity index is 2.42. The molecular weight excluding hydrogens is 436 g/mol. The molecule has 0 bridgehead atoms. The minimum atomic E-state index is -3.69. The van der Waals surface area contributed by atoms with Crippen LogP contribution < -0.4 is 14.4 Å². The molecule has 0 aliphatic heterocycles. The third kappa shape index (κ3) is 6.28. The summed E-state index contributed by atoms with van der Waals surface area (Å²) in [4.78, 5) is 13.4. The van der Waals surface area contributed by atoms with Crippen LogP contribution in [0.4, 0.5) is 5.69 Å². The van der Waals surface area contributed by atoms with Crippen molar-refractivity contribution >= 4 is 21.6 Å². The van der Waals surface area contributed by atoms with Gasteiger partial charge in [-0.3, -0.25) is 9.10 Å². The monoisotopic (exact) mass is 474 g/mol. The fourth-order valence-electron chi connectivity index (χ4n) is 4.34. The Morgan fingerprint density at radius 2 is 1.58 bits per heavy atom. The molecule has 0 heterocycles. The third-order valence-electron chi connectivity index (χ3n) is 5.86. The predicted octanol–water partition coefficient (Wildman–Crippen LogP) is 5.17. The lowest BCUT2D eigenvalue weighted by molar-refractivity contribution is -0.122. The van der Waals surface area contributed by atoms with Crippen molar-refractivity contribution in [3.05, 3.63) is 58.1 Å². The summed E-state index contributed by atoms with van der Waals surface area (Å²) in [6.07, 6.45) is 1.49. The van der Waals surface area contributed by atoms with Crippen molar-refractivity contribution in [3.63, 3.8) is 0 Å². The van der Waals surface area contributed by atoms with Crippen LogP contribution >= 0.6 is 0 Å². The van der Waals surface area contributed by atoms with Gasteiger partial charge >= 0.3 is 0 Å². The zero-order valence-electron chi connectivity index (χ0n) is 21.3. The molecule has 0 radical (unpaired) electrons. The maximum atomic E-state index is 13.4. The molecule has 1 amide bonds. The Bertz CT molecular complexity index is 1090. The Labute approximate surface area is 199 Å². The number of nitrogens with zero attached hydrogens (tertiary/aromatic N) is 1. The molecule has 2 aromatic carbocycles. The smallest absolute Gasteiger partial charge is 0.244 e. The zero-order valence-corrected chi connectivity index (χ0v) is 22.1. The number of amides is 1. The van der Waals surface area contributed by atoms with E-state index in [1.165, 1.54) is 4.31 Å². The van der Waals surface area contributed by atoms with Crippen LogP contribution in [0.3, 0.4) is 0 Å². The van der Waals surface area contributed by atoms with E-state index >= 15 is 0 Å². The van der Waals surface area contributed by atoms with Gasteiger partial charge in [0.2, 0.25) is 15.9 Å². The van der Waals surface area contributed by atoms with E-state index in [2.05, 4.69) is 25.2 Å². The molecule has 2 aromatic rings. The van der Waals surface area contributed by atoms with E-state index in [4.69, 9.17) is 4.74 Å². The Morgan fingerprint density at radius 3 is 2.03 bits per heavy atom. The van der Waals surface area contributed by atoms with Crippen LogP contribution in [0.5, 0.6) is 5.75 Å². The van der Waals surface area contributed by atoms with Gasteiger partial charge in [0.05, 0.1) is 25.1 Å². The number of anilines is 1. The molecule has 0 unspecified atom stereocenters. The van der Waals surface area contributed by atoms with Crippen LogP contribution in [-0.4, -0.2) is 33.7 Å². The van der Waals surface area contributed by atoms with Crippen molar-refractivity contribution in [2.45, 2.75) is 72.9 Å². The molecule has 0 aromatic heterocycles. The summed E-state index contributed by atoms with van der Waals surface area (Å²) in [5.74, 6) is 0.765. The maximum Gasteiger partial charge on any atom is 0.244 e. The van der Waals surface area contributed by atoms with Crippen molar-refractivity contribution in [2.24, 2.45) is 0 Å². The maximum absolute atomic E-state index is 13.4. The number of ether oxygens (including phenoxy) is 1. The van der Waals surface area contributed by atoms with Crippen molar-refractivity contribution in [1.29, 1.82) is 0 Å². The van der Waals surface area contributed by atoms with Crippen molar-refractivity contribution in [3.8, 4) is 5.75 Å². The number of hydrogen-bond acceptors (Lipinski definition) is 4. The summed E-state index contributed by atoms with van der Waals surface area (Å²) >= 11 is 0. The third-order valence-corrected chi connectivity index (χ3v) is 7.04. The average Bonchev–Trinajstić information content (AvgIpc) is 2.69. The molecule has 2 rings (SSSR count). The first-order valence-electron chi connectivity index (χ1n) is 11.4. The zero-order chi connectivity index (χ0) is 25.1. The van der Waals surface area contributed by atoms with Crippen LogP contribution in [0.1, 0.15) is 73.9 Å². The van der Waals surface area contributed by atoms with E-state index in [0.29, 0.717) is 12.1 Å². The van der Waals surface area contributed by atoms with Crippen LogP contribution in [0.15, 0.2) is 30.3 Å². The molecule has 0 fully saturated rings. The number of benzene rings is 2. The molecule has 0 aliphatic carbocycles. The second-order valence-corrected chi connectivity index (χ2v) is 11.0. The number of carbonyl (C=O) groups excluding carboxylic acids is 1.